The van der Waals surface area contributed by atoms with Gasteiger partial charge in [-0.05, 0) is 42.7 Å². The third-order valence-corrected chi connectivity index (χ3v) is 6.93. The minimum absolute atomic E-state index is 0.204. The summed E-state index contributed by atoms with van der Waals surface area (Å²) < 4.78 is 5.29. The van der Waals surface area contributed by atoms with E-state index in [9.17, 15) is 14.7 Å². The number of benzene rings is 2. The summed E-state index contributed by atoms with van der Waals surface area (Å²) in [4.78, 5) is 27.5. The maximum Gasteiger partial charge on any atom is 0.416 e. The molecule has 0 radical (unpaired) electrons. The summed E-state index contributed by atoms with van der Waals surface area (Å²) in [6.07, 6.45) is 5.57. The average Bonchev–Trinajstić information content (AvgIpc) is 3.46. The lowest BCUT2D eigenvalue weighted by molar-refractivity contribution is -0.138. The van der Waals surface area contributed by atoms with Crippen LogP contribution in [0.15, 0.2) is 60.7 Å². The summed E-state index contributed by atoms with van der Waals surface area (Å²) in [5.74, 6) is -0.423. The van der Waals surface area contributed by atoms with Gasteiger partial charge in [0.05, 0.1) is 18.1 Å². The topological polar surface area (TPSA) is 66.8 Å². The zero-order chi connectivity index (χ0) is 22.3. The highest BCUT2D eigenvalue weighted by Crippen LogP contribution is 2.34. The van der Waals surface area contributed by atoms with Gasteiger partial charge in [-0.3, -0.25) is 4.79 Å². The Hall–Kier alpha value is -2.66. The third-order valence-electron chi connectivity index (χ3n) is 6.93. The maximum absolute atomic E-state index is 13.7. The molecule has 170 valence electrons. The molecule has 1 heterocycles. The molecule has 3 atom stereocenters. The van der Waals surface area contributed by atoms with Crippen LogP contribution in [0, 0.1) is 11.8 Å². The number of hydrogen-bond acceptors (Lipinski definition) is 4. The van der Waals surface area contributed by atoms with Crippen molar-refractivity contribution in [3.05, 3.63) is 71.8 Å². The first-order valence-electron chi connectivity index (χ1n) is 11.9. The molecule has 1 saturated heterocycles. The molecule has 4 rings (SSSR count). The van der Waals surface area contributed by atoms with Crippen molar-refractivity contribution in [3.63, 3.8) is 0 Å². The van der Waals surface area contributed by atoms with Crippen LogP contribution in [0.4, 0.5) is 4.79 Å². The van der Waals surface area contributed by atoms with Gasteiger partial charge in [-0.25, -0.2) is 9.69 Å². The van der Waals surface area contributed by atoms with Crippen molar-refractivity contribution < 1.29 is 19.4 Å². The van der Waals surface area contributed by atoms with Crippen molar-refractivity contribution in [2.24, 2.45) is 11.8 Å². The number of rotatable bonds is 9. The number of carbonyl (C=O) groups excluding carboxylic acids is 2. The second kappa shape index (κ2) is 10.8. The molecular weight excluding hydrogens is 402 g/mol. The van der Waals surface area contributed by atoms with Crippen LogP contribution >= 0.6 is 0 Å². The van der Waals surface area contributed by atoms with E-state index in [1.165, 1.54) is 17.7 Å². The van der Waals surface area contributed by atoms with Crippen LogP contribution in [0.25, 0.3) is 0 Å². The first-order chi connectivity index (χ1) is 15.6. The Morgan fingerprint density at radius 2 is 1.62 bits per heavy atom. The second-order valence-corrected chi connectivity index (χ2v) is 9.21. The van der Waals surface area contributed by atoms with Crippen molar-refractivity contribution in [3.8, 4) is 0 Å². The van der Waals surface area contributed by atoms with Crippen LogP contribution < -0.4 is 0 Å². The number of aliphatic hydroxyl groups excluding tert-OH is 1. The lowest BCUT2D eigenvalue weighted by Crippen LogP contribution is -2.47. The molecule has 1 N–H and O–H groups in total. The predicted molar refractivity (Wildman–Crippen MR) is 123 cm³/mol. The molecule has 1 aliphatic heterocycles. The monoisotopic (exact) mass is 435 g/mol. The van der Waals surface area contributed by atoms with E-state index in [2.05, 4.69) is 0 Å². The summed E-state index contributed by atoms with van der Waals surface area (Å²) >= 11 is 0. The molecule has 5 heteroatoms. The number of amides is 2. The molecule has 1 saturated carbocycles. The van der Waals surface area contributed by atoms with Crippen molar-refractivity contribution in [1.82, 2.24) is 4.90 Å². The van der Waals surface area contributed by atoms with Gasteiger partial charge >= 0.3 is 6.09 Å². The molecule has 32 heavy (non-hydrogen) atoms. The highest BCUT2D eigenvalue weighted by Gasteiger charge is 2.43. The molecule has 2 aromatic rings. The molecule has 0 aromatic heterocycles. The number of hydrogen-bond donors (Lipinski definition) is 1. The molecule has 1 unspecified atom stereocenters. The number of carbonyl (C=O) groups is 2. The Bertz CT molecular complexity index is 879. The van der Waals surface area contributed by atoms with Crippen LogP contribution in [0.5, 0.6) is 0 Å². The van der Waals surface area contributed by atoms with Gasteiger partial charge in [-0.15, -0.1) is 0 Å². The number of ether oxygens (including phenoxy) is 1. The van der Waals surface area contributed by atoms with Crippen LogP contribution in [0.1, 0.15) is 49.7 Å². The van der Waals surface area contributed by atoms with E-state index >= 15 is 0 Å². The van der Waals surface area contributed by atoms with Gasteiger partial charge < -0.3 is 9.84 Å². The number of aliphatic hydroxyl groups is 1. The molecule has 1 aliphatic carbocycles. The van der Waals surface area contributed by atoms with Crippen LogP contribution in [-0.4, -0.2) is 40.8 Å². The number of cyclic esters (lactones) is 1. The van der Waals surface area contributed by atoms with Gasteiger partial charge in [0.25, 0.3) is 0 Å². The van der Waals surface area contributed by atoms with Crippen LogP contribution in [-0.2, 0) is 22.4 Å². The Balaban J connectivity index is 1.48. The molecule has 2 amide bonds. The van der Waals surface area contributed by atoms with Crippen molar-refractivity contribution in [1.29, 1.82) is 0 Å². The minimum Gasteiger partial charge on any atom is -0.447 e. The van der Waals surface area contributed by atoms with E-state index in [-0.39, 0.29) is 18.6 Å². The fourth-order valence-electron chi connectivity index (χ4n) is 5.13. The van der Waals surface area contributed by atoms with E-state index < -0.39 is 18.1 Å². The van der Waals surface area contributed by atoms with Gasteiger partial charge in [0.1, 0.15) is 6.61 Å². The van der Waals surface area contributed by atoms with Gasteiger partial charge in [0, 0.05) is 0 Å². The van der Waals surface area contributed by atoms with Crippen LogP contribution in [0.3, 0.4) is 0 Å². The summed E-state index contributed by atoms with van der Waals surface area (Å²) in [5.41, 5.74) is 2.20. The summed E-state index contributed by atoms with van der Waals surface area (Å²) in [5, 5.41) is 11.1. The van der Waals surface area contributed by atoms with Gasteiger partial charge in [-0.1, -0.05) is 86.3 Å². The second-order valence-electron chi connectivity index (χ2n) is 9.21. The first-order valence-corrected chi connectivity index (χ1v) is 11.9. The number of aryl methyl sites for hydroxylation is 1. The van der Waals surface area contributed by atoms with Crippen molar-refractivity contribution in [2.75, 3.05) is 6.61 Å². The largest absolute Gasteiger partial charge is 0.447 e. The van der Waals surface area contributed by atoms with Gasteiger partial charge in [0.15, 0.2) is 0 Å². The fourth-order valence-corrected chi connectivity index (χ4v) is 5.13. The molecule has 2 aromatic carbocycles. The van der Waals surface area contributed by atoms with Crippen molar-refractivity contribution in [2.45, 2.75) is 63.5 Å². The summed E-state index contributed by atoms with van der Waals surface area (Å²) in [6.45, 7) is 0.204. The number of imide groups is 1. The van der Waals surface area contributed by atoms with E-state index in [1.54, 1.807) is 0 Å². The Kier molecular flexibility index (Phi) is 7.59. The minimum atomic E-state index is -0.783. The summed E-state index contributed by atoms with van der Waals surface area (Å²) in [7, 11) is 0. The fraction of sp³-hybridized carbons (Fsp3) is 0.481. The molecular formula is C27H33NO4. The lowest BCUT2D eigenvalue weighted by atomic mass is 9.85. The van der Waals surface area contributed by atoms with Gasteiger partial charge in [0.2, 0.25) is 5.91 Å². The highest BCUT2D eigenvalue weighted by atomic mass is 16.6. The van der Waals surface area contributed by atoms with Crippen molar-refractivity contribution >= 4 is 12.0 Å². The molecule has 2 fully saturated rings. The molecule has 2 aliphatic rings. The van der Waals surface area contributed by atoms with E-state index in [1.807, 2.05) is 60.7 Å². The quantitative estimate of drug-likeness (QED) is 0.616. The van der Waals surface area contributed by atoms with E-state index in [0.29, 0.717) is 31.6 Å². The Morgan fingerprint density at radius 1 is 1.00 bits per heavy atom. The van der Waals surface area contributed by atoms with Gasteiger partial charge in [-0.2, -0.15) is 0 Å². The smallest absolute Gasteiger partial charge is 0.416 e. The third kappa shape index (κ3) is 5.57. The maximum atomic E-state index is 13.7. The Morgan fingerprint density at radius 3 is 2.28 bits per heavy atom. The standard InChI is InChI=1S/C27H33NO4/c29-25(16-15-20-9-3-1-4-10-20)24(18-22-13-7-8-14-22)26(30)28-23(19-32-27(28)31)17-21-11-5-2-6-12-21/h1-6,9-12,22-25,29H,7-8,13-19H2/t23?,24-,25+/m1/s1. The predicted octanol–water partition coefficient (Wildman–Crippen LogP) is 4.77. The Labute approximate surface area is 190 Å². The van der Waals surface area contributed by atoms with E-state index in [0.717, 1.165) is 24.0 Å². The molecule has 0 bridgehead atoms. The van der Waals surface area contributed by atoms with Crippen LogP contribution in [0.2, 0.25) is 0 Å². The highest BCUT2D eigenvalue weighted by molar-refractivity contribution is 5.95. The molecule has 0 spiro atoms. The normalized spacial score (nSPS) is 20.8. The summed E-state index contributed by atoms with van der Waals surface area (Å²) in [6, 6.07) is 19.5. The SMILES string of the molecule is O=C1OCC(Cc2ccccc2)N1C(=O)[C@H](CC1CCCC1)[C@@H](O)CCc1ccccc1. The molecule has 5 nitrogen and oxygen atoms in total. The first kappa shape index (κ1) is 22.5. The average molecular weight is 436 g/mol. The zero-order valence-corrected chi connectivity index (χ0v) is 18.6. The number of nitrogens with zero attached hydrogens (tertiary/aromatic N) is 1. The van der Waals surface area contributed by atoms with E-state index in [4.69, 9.17) is 4.74 Å². The zero-order valence-electron chi connectivity index (χ0n) is 18.6. The lowest BCUT2D eigenvalue weighted by Gasteiger charge is -2.29.